The first-order chi connectivity index (χ1) is 7.31. The first kappa shape index (κ1) is 15.9. The van der Waals surface area contributed by atoms with Gasteiger partial charge in [-0.05, 0) is 19.9 Å². The summed E-state index contributed by atoms with van der Waals surface area (Å²) in [6, 6.07) is 0. The molecular formula is C11H26N2O2S. The van der Waals surface area contributed by atoms with Crippen LogP contribution in [0.4, 0.5) is 0 Å². The zero-order valence-electron chi connectivity index (χ0n) is 11.0. The number of hydrogen-bond acceptors (Lipinski definition) is 4. The van der Waals surface area contributed by atoms with Crippen LogP contribution in [0.15, 0.2) is 0 Å². The molecule has 0 fully saturated rings. The molecule has 0 aliphatic rings. The van der Waals surface area contributed by atoms with Crippen LogP contribution in [0.2, 0.25) is 0 Å². The topological polar surface area (TPSA) is 63.4 Å². The van der Waals surface area contributed by atoms with E-state index < -0.39 is 9.84 Å². The normalized spacial score (nSPS) is 16.4. The highest BCUT2D eigenvalue weighted by molar-refractivity contribution is 7.90. The monoisotopic (exact) mass is 250 g/mol. The maximum absolute atomic E-state index is 11.1. The molecule has 0 spiro atoms. The Hall–Kier alpha value is -0.130. The minimum absolute atomic E-state index is 0.0422. The van der Waals surface area contributed by atoms with Gasteiger partial charge >= 0.3 is 0 Å². The van der Waals surface area contributed by atoms with Gasteiger partial charge in [0, 0.05) is 24.9 Å². The first-order valence-corrected chi connectivity index (χ1v) is 7.96. The summed E-state index contributed by atoms with van der Waals surface area (Å²) in [4.78, 5) is 2.11. The Balaban J connectivity index is 4.55. The van der Waals surface area contributed by atoms with Crippen molar-refractivity contribution < 1.29 is 8.42 Å². The van der Waals surface area contributed by atoms with Crippen LogP contribution in [0.1, 0.15) is 33.1 Å². The standard InChI is InChI=1S/C11H26N2O2S/c1-5-7-11(6-2,10-12)13(3)8-9-16(4,14)15/h5-10,12H2,1-4H3. The quantitative estimate of drug-likeness (QED) is 0.694. The highest BCUT2D eigenvalue weighted by Gasteiger charge is 2.30. The van der Waals surface area contributed by atoms with Crippen LogP contribution in [0, 0.1) is 0 Å². The second-order valence-corrected chi connectivity index (χ2v) is 6.84. The fourth-order valence-corrected chi connectivity index (χ4v) is 2.65. The lowest BCUT2D eigenvalue weighted by Gasteiger charge is -2.40. The number of likely N-dealkylation sites (N-methyl/N-ethyl adjacent to an activating group) is 1. The van der Waals surface area contributed by atoms with E-state index in [9.17, 15) is 8.42 Å². The number of hydrogen-bond donors (Lipinski definition) is 1. The summed E-state index contributed by atoms with van der Waals surface area (Å²) < 4.78 is 22.3. The Bertz CT molecular complexity index is 284. The molecule has 0 saturated heterocycles. The highest BCUT2D eigenvalue weighted by atomic mass is 32.2. The maximum Gasteiger partial charge on any atom is 0.148 e. The van der Waals surface area contributed by atoms with Crippen LogP contribution < -0.4 is 5.73 Å². The van der Waals surface area contributed by atoms with Crippen LogP contribution >= 0.6 is 0 Å². The molecular weight excluding hydrogens is 224 g/mol. The summed E-state index contributed by atoms with van der Waals surface area (Å²) in [5, 5.41) is 0. The second-order valence-electron chi connectivity index (χ2n) is 4.58. The summed E-state index contributed by atoms with van der Waals surface area (Å²) in [5.41, 5.74) is 5.81. The van der Waals surface area contributed by atoms with E-state index in [2.05, 4.69) is 18.7 Å². The molecule has 0 aromatic rings. The molecule has 0 amide bonds. The summed E-state index contributed by atoms with van der Waals surface area (Å²) in [6.07, 6.45) is 4.31. The Kier molecular flexibility index (Phi) is 6.51. The van der Waals surface area contributed by atoms with Gasteiger partial charge in [0.25, 0.3) is 0 Å². The Morgan fingerprint density at radius 1 is 1.31 bits per heavy atom. The molecule has 0 radical (unpaired) electrons. The molecule has 0 aromatic heterocycles. The van der Waals surface area contributed by atoms with Gasteiger partial charge in [-0.2, -0.15) is 0 Å². The molecule has 0 rings (SSSR count). The molecule has 5 heteroatoms. The van der Waals surface area contributed by atoms with Crippen molar-refractivity contribution in [2.24, 2.45) is 5.73 Å². The molecule has 16 heavy (non-hydrogen) atoms. The fourth-order valence-electron chi connectivity index (χ4n) is 2.05. The molecule has 4 nitrogen and oxygen atoms in total. The summed E-state index contributed by atoms with van der Waals surface area (Å²) in [7, 11) is -0.924. The van der Waals surface area contributed by atoms with E-state index in [4.69, 9.17) is 5.73 Å². The van der Waals surface area contributed by atoms with Crippen molar-refractivity contribution >= 4 is 9.84 Å². The number of sulfone groups is 1. The van der Waals surface area contributed by atoms with Crippen LogP contribution in [0.5, 0.6) is 0 Å². The second kappa shape index (κ2) is 6.57. The van der Waals surface area contributed by atoms with Gasteiger partial charge in [0.1, 0.15) is 9.84 Å². The lowest BCUT2D eigenvalue weighted by molar-refractivity contribution is 0.116. The molecule has 0 aliphatic heterocycles. The SMILES string of the molecule is CCCC(CC)(CN)N(C)CCS(C)(=O)=O. The van der Waals surface area contributed by atoms with Gasteiger partial charge in [0.15, 0.2) is 0 Å². The van der Waals surface area contributed by atoms with Crippen molar-refractivity contribution in [3.63, 3.8) is 0 Å². The molecule has 1 atom stereocenters. The third-order valence-corrected chi connectivity index (χ3v) is 4.28. The highest BCUT2D eigenvalue weighted by Crippen LogP contribution is 2.23. The number of nitrogens with zero attached hydrogens (tertiary/aromatic N) is 1. The molecule has 0 saturated carbocycles. The van der Waals surface area contributed by atoms with Gasteiger partial charge < -0.3 is 5.73 Å². The van der Waals surface area contributed by atoms with Crippen molar-refractivity contribution in [2.75, 3.05) is 32.1 Å². The van der Waals surface area contributed by atoms with Crippen molar-refractivity contribution in [1.29, 1.82) is 0 Å². The zero-order valence-corrected chi connectivity index (χ0v) is 11.8. The van der Waals surface area contributed by atoms with E-state index >= 15 is 0 Å². The molecule has 0 heterocycles. The third kappa shape index (κ3) is 4.80. The van der Waals surface area contributed by atoms with Crippen LogP contribution in [0.25, 0.3) is 0 Å². The smallest absolute Gasteiger partial charge is 0.148 e. The summed E-state index contributed by atoms with van der Waals surface area (Å²) >= 11 is 0. The van der Waals surface area contributed by atoms with Crippen molar-refractivity contribution in [2.45, 2.75) is 38.6 Å². The minimum Gasteiger partial charge on any atom is -0.329 e. The van der Waals surface area contributed by atoms with Gasteiger partial charge in [0.2, 0.25) is 0 Å². The lowest BCUT2D eigenvalue weighted by Crippen LogP contribution is -2.52. The van der Waals surface area contributed by atoms with E-state index in [0.717, 1.165) is 19.3 Å². The van der Waals surface area contributed by atoms with Gasteiger partial charge in [-0.3, -0.25) is 4.90 Å². The zero-order chi connectivity index (χ0) is 12.8. The summed E-state index contributed by atoms with van der Waals surface area (Å²) in [5.74, 6) is 0.203. The van der Waals surface area contributed by atoms with Gasteiger partial charge in [-0.25, -0.2) is 8.42 Å². The molecule has 98 valence electrons. The lowest BCUT2D eigenvalue weighted by atomic mass is 9.89. The van der Waals surface area contributed by atoms with E-state index in [1.165, 1.54) is 6.26 Å². The Labute approximate surface area is 100 Å². The minimum atomic E-state index is -2.89. The van der Waals surface area contributed by atoms with Crippen LogP contribution in [0.3, 0.4) is 0 Å². The van der Waals surface area contributed by atoms with E-state index in [-0.39, 0.29) is 11.3 Å². The third-order valence-electron chi connectivity index (χ3n) is 3.36. The van der Waals surface area contributed by atoms with E-state index in [1.807, 2.05) is 7.05 Å². The van der Waals surface area contributed by atoms with Gasteiger partial charge in [-0.15, -0.1) is 0 Å². The van der Waals surface area contributed by atoms with Crippen molar-refractivity contribution in [1.82, 2.24) is 4.90 Å². The van der Waals surface area contributed by atoms with E-state index in [0.29, 0.717) is 13.1 Å². The fraction of sp³-hybridized carbons (Fsp3) is 1.00. The average molecular weight is 250 g/mol. The number of nitrogens with two attached hydrogens (primary N) is 1. The maximum atomic E-state index is 11.1. The molecule has 0 aromatic carbocycles. The van der Waals surface area contributed by atoms with E-state index in [1.54, 1.807) is 0 Å². The van der Waals surface area contributed by atoms with Crippen LogP contribution in [-0.4, -0.2) is 51.0 Å². The van der Waals surface area contributed by atoms with Crippen LogP contribution in [-0.2, 0) is 9.84 Å². The van der Waals surface area contributed by atoms with Crippen molar-refractivity contribution in [3.05, 3.63) is 0 Å². The van der Waals surface area contributed by atoms with Gasteiger partial charge in [-0.1, -0.05) is 20.3 Å². The largest absolute Gasteiger partial charge is 0.329 e. The Morgan fingerprint density at radius 3 is 2.19 bits per heavy atom. The number of rotatable bonds is 8. The molecule has 2 N–H and O–H groups in total. The molecule has 0 aliphatic carbocycles. The Morgan fingerprint density at radius 2 is 1.88 bits per heavy atom. The molecule has 0 bridgehead atoms. The predicted molar refractivity (Wildman–Crippen MR) is 69.3 cm³/mol. The molecule has 1 unspecified atom stereocenters. The van der Waals surface area contributed by atoms with Crippen molar-refractivity contribution in [3.8, 4) is 0 Å². The van der Waals surface area contributed by atoms with Gasteiger partial charge in [0.05, 0.1) is 5.75 Å². The average Bonchev–Trinajstić information content (AvgIpc) is 2.21. The first-order valence-electron chi connectivity index (χ1n) is 5.90. The summed E-state index contributed by atoms with van der Waals surface area (Å²) in [6.45, 7) is 5.38. The predicted octanol–water partition coefficient (Wildman–Crippen LogP) is 0.870.